The third-order valence-corrected chi connectivity index (χ3v) is 4.59. The second-order valence-electron chi connectivity index (χ2n) is 6.47. The van der Waals surface area contributed by atoms with Gasteiger partial charge in [-0.25, -0.2) is 10.8 Å². The number of hydrazine groups is 1. The van der Waals surface area contributed by atoms with Crippen molar-refractivity contribution in [2.45, 2.75) is 45.4 Å². The molecule has 2 heterocycles. The summed E-state index contributed by atoms with van der Waals surface area (Å²) in [6.45, 7) is 3.82. The Bertz CT molecular complexity index is 693. The lowest BCUT2D eigenvalue weighted by Gasteiger charge is -2.30. The van der Waals surface area contributed by atoms with Gasteiger partial charge in [0.2, 0.25) is 0 Å². The Hall–Kier alpha value is -2.27. The van der Waals surface area contributed by atoms with E-state index in [9.17, 15) is 0 Å². The first kappa shape index (κ1) is 17.5. The summed E-state index contributed by atoms with van der Waals surface area (Å²) in [6, 6.07) is 8.23. The Labute approximate surface area is 150 Å². The number of hydrogen-bond donors (Lipinski definition) is 1. The predicted molar refractivity (Wildman–Crippen MR) is 101 cm³/mol. The van der Waals surface area contributed by atoms with Gasteiger partial charge in [-0.15, -0.1) is 0 Å². The highest BCUT2D eigenvalue weighted by Gasteiger charge is 2.21. The van der Waals surface area contributed by atoms with Gasteiger partial charge in [0, 0.05) is 24.5 Å². The van der Waals surface area contributed by atoms with Crippen molar-refractivity contribution in [3.63, 3.8) is 0 Å². The van der Waals surface area contributed by atoms with E-state index in [1.54, 1.807) is 6.20 Å². The molecular weight excluding hydrogens is 312 g/mol. The van der Waals surface area contributed by atoms with E-state index >= 15 is 0 Å². The van der Waals surface area contributed by atoms with Crippen molar-refractivity contribution in [3.05, 3.63) is 54.2 Å². The van der Waals surface area contributed by atoms with E-state index < -0.39 is 0 Å². The van der Waals surface area contributed by atoms with Gasteiger partial charge < -0.3 is 14.3 Å². The average molecular weight is 340 g/mol. The molecule has 25 heavy (non-hydrogen) atoms. The Kier molecular flexibility index (Phi) is 6.12. The van der Waals surface area contributed by atoms with Gasteiger partial charge in [-0.1, -0.05) is 31.9 Å². The van der Waals surface area contributed by atoms with Gasteiger partial charge in [0.15, 0.2) is 0 Å². The number of unbranched alkanes of at least 4 members (excludes halogenated alkanes) is 2. The second kappa shape index (κ2) is 8.72. The molecule has 1 aromatic carbocycles. The first-order valence-electron chi connectivity index (χ1n) is 9.27. The second-order valence-corrected chi connectivity index (χ2v) is 6.47. The van der Waals surface area contributed by atoms with Crippen molar-refractivity contribution < 1.29 is 4.74 Å². The summed E-state index contributed by atoms with van der Waals surface area (Å²) in [5, 5.41) is 1.88. The summed E-state index contributed by atoms with van der Waals surface area (Å²) in [5.41, 5.74) is 3.30. The Morgan fingerprint density at radius 2 is 2.12 bits per heavy atom. The molecule has 3 rings (SSSR count). The monoisotopic (exact) mass is 340 g/mol. The van der Waals surface area contributed by atoms with E-state index in [0.29, 0.717) is 0 Å². The molecule has 0 unspecified atom stereocenters. The number of piperidine rings is 1. The first-order valence-corrected chi connectivity index (χ1v) is 9.27. The van der Waals surface area contributed by atoms with Crippen LogP contribution in [0.1, 0.15) is 51.0 Å². The van der Waals surface area contributed by atoms with Crippen LogP contribution in [0.5, 0.6) is 5.75 Å². The highest BCUT2D eigenvalue weighted by molar-refractivity contribution is 5.73. The number of imidazole rings is 1. The van der Waals surface area contributed by atoms with Crippen LogP contribution >= 0.6 is 0 Å². The number of rotatable bonds is 7. The van der Waals surface area contributed by atoms with Crippen LogP contribution in [0, 0.1) is 0 Å². The molecule has 0 saturated carbocycles. The number of benzene rings is 1. The van der Waals surface area contributed by atoms with Crippen LogP contribution in [-0.2, 0) is 0 Å². The molecule has 0 aliphatic carbocycles. The van der Waals surface area contributed by atoms with Crippen molar-refractivity contribution in [1.82, 2.24) is 14.6 Å². The van der Waals surface area contributed by atoms with Crippen LogP contribution in [0.15, 0.2) is 48.7 Å². The molecular formula is C20H28N4O. The maximum Gasteiger partial charge on any atom is 0.128 e. The molecule has 5 heteroatoms. The van der Waals surface area contributed by atoms with Gasteiger partial charge in [-0.3, -0.25) is 0 Å². The Morgan fingerprint density at radius 3 is 2.88 bits per heavy atom. The fraction of sp³-hybridized carbons (Fsp3) is 0.450. The normalized spacial score (nSPS) is 16.8. The molecule has 2 N–H and O–H groups in total. The van der Waals surface area contributed by atoms with Crippen molar-refractivity contribution in [1.29, 1.82) is 0 Å². The number of aromatic nitrogens is 2. The molecule has 2 aromatic rings. The molecule has 134 valence electrons. The zero-order valence-electron chi connectivity index (χ0n) is 15.0. The molecule has 1 saturated heterocycles. The zero-order chi connectivity index (χ0) is 17.5. The van der Waals surface area contributed by atoms with Crippen LogP contribution in [0.3, 0.4) is 0 Å². The predicted octanol–water partition coefficient (Wildman–Crippen LogP) is 4.03. The summed E-state index contributed by atoms with van der Waals surface area (Å²) in [4.78, 5) is 4.23. The van der Waals surface area contributed by atoms with Crippen LogP contribution < -0.4 is 10.6 Å². The summed E-state index contributed by atoms with van der Waals surface area (Å²) in [5.74, 6) is 7.22. The number of para-hydroxylation sites is 1. The lowest BCUT2D eigenvalue weighted by atomic mass is 10.0. The molecule has 0 amide bonds. The van der Waals surface area contributed by atoms with Crippen molar-refractivity contribution in [2.24, 2.45) is 5.84 Å². The first-order chi connectivity index (χ1) is 12.3. The lowest BCUT2D eigenvalue weighted by Crippen LogP contribution is -2.35. The van der Waals surface area contributed by atoms with Crippen molar-refractivity contribution >= 4 is 5.70 Å². The quantitative estimate of drug-likeness (QED) is 0.611. The molecule has 1 aliphatic rings. The van der Waals surface area contributed by atoms with Gasteiger partial charge in [0.25, 0.3) is 0 Å². The molecule has 1 aromatic heterocycles. The number of hydrogen-bond acceptors (Lipinski definition) is 4. The fourth-order valence-corrected chi connectivity index (χ4v) is 3.26. The highest BCUT2D eigenvalue weighted by Crippen LogP contribution is 2.33. The van der Waals surface area contributed by atoms with Crippen LogP contribution in [-0.4, -0.2) is 27.7 Å². The van der Waals surface area contributed by atoms with Gasteiger partial charge in [0.05, 0.1) is 24.3 Å². The van der Waals surface area contributed by atoms with Gasteiger partial charge in [0.1, 0.15) is 5.75 Å². The summed E-state index contributed by atoms with van der Waals surface area (Å²) < 4.78 is 8.17. The van der Waals surface area contributed by atoms with Crippen LogP contribution in [0.4, 0.5) is 0 Å². The number of allylic oxidation sites excluding steroid dienone is 1. The molecule has 5 nitrogen and oxygen atoms in total. The van der Waals surface area contributed by atoms with E-state index in [1.165, 1.54) is 12.8 Å². The van der Waals surface area contributed by atoms with Crippen LogP contribution in [0.2, 0.25) is 0 Å². The van der Waals surface area contributed by atoms with Crippen molar-refractivity contribution in [3.8, 4) is 5.75 Å². The maximum atomic E-state index is 6.31. The molecule has 1 fully saturated rings. The smallest absolute Gasteiger partial charge is 0.128 e. The Balaban J connectivity index is 1.98. The topological polar surface area (TPSA) is 56.3 Å². The van der Waals surface area contributed by atoms with E-state index in [1.807, 2.05) is 29.7 Å². The SMILES string of the molecule is CCCCCOc1ccccc1C(=C1CCCCN1N)n1ccnc1. The van der Waals surface area contributed by atoms with E-state index in [0.717, 1.165) is 61.5 Å². The van der Waals surface area contributed by atoms with Crippen LogP contribution in [0.25, 0.3) is 5.70 Å². The van der Waals surface area contributed by atoms with Gasteiger partial charge in [-0.2, -0.15) is 0 Å². The standard InChI is InChI=1S/C20H28N4O/c1-2-3-8-15-25-19-11-5-4-9-17(19)20(23-14-12-22-16-23)18-10-6-7-13-24(18)21/h4-5,9,11-12,14,16H,2-3,6-8,10,13,15,21H2,1H3. The molecule has 0 bridgehead atoms. The van der Waals surface area contributed by atoms with E-state index in [4.69, 9.17) is 10.6 Å². The maximum absolute atomic E-state index is 6.31. The van der Waals surface area contributed by atoms with Crippen molar-refractivity contribution in [2.75, 3.05) is 13.2 Å². The molecule has 0 atom stereocenters. The minimum absolute atomic E-state index is 0.740. The summed E-state index contributed by atoms with van der Waals surface area (Å²) in [7, 11) is 0. The highest BCUT2D eigenvalue weighted by atomic mass is 16.5. The summed E-state index contributed by atoms with van der Waals surface area (Å²) in [6.07, 6.45) is 12.3. The van der Waals surface area contributed by atoms with Gasteiger partial charge in [-0.05, 0) is 37.8 Å². The minimum atomic E-state index is 0.740. The Morgan fingerprint density at radius 1 is 1.24 bits per heavy atom. The largest absolute Gasteiger partial charge is 0.493 e. The zero-order valence-corrected chi connectivity index (χ0v) is 15.0. The number of ether oxygens (including phenoxy) is 1. The average Bonchev–Trinajstić information content (AvgIpc) is 3.16. The minimum Gasteiger partial charge on any atom is -0.493 e. The molecule has 0 radical (unpaired) electrons. The third-order valence-electron chi connectivity index (χ3n) is 4.59. The third kappa shape index (κ3) is 4.23. The lowest BCUT2D eigenvalue weighted by molar-refractivity contribution is 0.297. The van der Waals surface area contributed by atoms with E-state index in [2.05, 4.69) is 28.6 Å². The number of nitrogens with two attached hydrogens (primary N) is 1. The van der Waals surface area contributed by atoms with E-state index in [-0.39, 0.29) is 0 Å². The molecule has 1 aliphatic heterocycles. The number of nitrogens with zero attached hydrogens (tertiary/aromatic N) is 3. The fourth-order valence-electron chi connectivity index (χ4n) is 3.26. The molecule has 0 spiro atoms. The van der Waals surface area contributed by atoms with Gasteiger partial charge >= 0.3 is 0 Å². The summed E-state index contributed by atoms with van der Waals surface area (Å²) >= 11 is 0.